The van der Waals surface area contributed by atoms with Gasteiger partial charge in [0, 0.05) is 13.2 Å². The van der Waals surface area contributed by atoms with Gasteiger partial charge in [-0.1, -0.05) is 32.9 Å². The lowest BCUT2D eigenvalue weighted by atomic mass is 9.83. The standard InChI is InChI=1S/C19H29NO2/c1-13-11-15(19(3,4)5)12-14(2)16(13)8-9-20-18(21)17-7-6-10-22-17/h11-12,17H,6-10H2,1-5H3,(H,20,21)/t17-/m1/s1. The molecule has 0 radical (unpaired) electrons. The number of hydrogen-bond acceptors (Lipinski definition) is 2. The molecule has 0 aromatic heterocycles. The van der Waals surface area contributed by atoms with Gasteiger partial charge < -0.3 is 10.1 Å². The topological polar surface area (TPSA) is 38.3 Å². The van der Waals surface area contributed by atoms with Crippen molar-refractivity contribution in [3.8, 4) is 0 Å². The van der Waals surface area contributed by atoms with Crippen LogP contribution in [0.2, 0.25) is 0 Å². The SMILES string of the molecule is Cc1cc(C(C)(C)C)cc(C)c1CCNC(=O)[C@H]1CCCO1. The van der Waals surface area contributed by atoms with E-state index in [-0.39, 0.29) is 17.4 Å². The third-order valence-corrected chi connectivity index (χ3v) is 4.46. The minimum atomic E-state index is -0.231. The van der Waals surface area contributed by atoms with E-state index < -0.39 is 0 Å². The maximum Gasteiger partial charge on any atom is 0.249 e. The number of hydrogen-bond donors (Lipinski definition) is 1. The molecule has 1 saturated heterocycles. The summed E-state index contributed by atoms with van der Waals surface area (Å²) in [5, 5.41) is 3.01. The summed E-state index contributed by atoms with van der Waals surface area (Å²) in [4.78, 5) is 12.0. The summed E-state index contributed by atoms with van der Waals surface area (Å²) in [6.07, 6.45) is 2.49. The van der Waals surface area contributed by atoms with Crippen molar-refractivity contribution in [1.82, 2.24) is 5.32 Å². The predicted molar refractivity (Wildman–Crippen MR) is 90.3 cm³/mol. The molecule has 1 aliphatic heterocycles. The van der Waals surface area contributed by atoms with Gasteiger partial charge in [0.05, 0.1) is 0 Å². The summed E-state index contributed by atoms with van der Waals surface area (Å²) < 4.78 is 5.41. The summed E-state index contributed by atoms with van der Waals surface area (Å²) in [7, 11) is 0. The molecule has 122 valence electrons. The van der Waals surface area contributed by atoms with Crippen molar-refractivity contribution in [3.63, 3.8) is 0 Å². The van der Waals surface area contributed by atoms with Gasteiger partial charge in [-0.15, -0.1) is 0 Å². The van der Waals surface area contributed by atoms with Gasteiger partial charge in [0.1, 0.15) is 6.10 Å². The quantitative estimate of drug-likeness (QED) is 0.925. The Bertz CT molecular complexity index is 514. The Morgan fingerprint density at radius 3 is 2.41 bits per heavy atom. The van der Waals surface area contributed by atoms with Crippen molar-refractivity contribution in [1.29, 1.82) is 0 Å². The Hall–Kier alpha value is -1.35. The molecule has 1 aromatic rings. The third kappa shape index (κ3) is 4.10. The molecule has 1 N–H and O–H groups in total. The van der Waals surface area contributed by atoms with Crippen LogP contribution in [0.1, 0.15) is 55.9 Å². The van der Waals surface area contributed by atoms with E-state index in [9.17, 15) is 4.79 Å². The fourth-order valence-corrected chi connectivity index (χ4v) is 3.03. The van der Waals surface area contributed by atoms with E-state index in [0.717, 1.165) is 19.3 Å². The zero-order valence-electron chi connectivity index (χ0n) is 14.6. The van der Waals surface area contributed by atoms with Crippen molar-refractivity contribution >= 4 is 5.91 Å². The molecular weight excluding hydrogens is 274 g/mol. The van der Waals surface area contributed by atoms with Crippen LogP contribution < -0.4 is 5.32 Å². The average Bonchev–Trinajstić information content (AvgIpc) is 2.94. The fraction of sp³-hybridized carbons (Fsp3) is 0.632. The van der Waals surface area contributed by atoms with Crippen LogP contribution in [0.5, 0.6) is 0 Å². The number of aryl methyl sites for hydroxylation is 2. The van der Waals surface area contributed by atoms with Crippen molar-refractivity contribution in [2.24, 2.45) is 0 Å². The van der Waals surface area contributed by atoms with E-state index in [1.165, 1.54) is 22.3 Å². The van der Waals surface area contributed by atoms with Crippen LogP contribution in [-0.4, -0.2) is 25.2 Å². The molecule has 2 rings (SSSR count). The average molecular weight is 303 g/mol. The largest absolute Gasteiger partial charge is 0.368 e. The second-order valence-electron chi connectivity index (χ2n) is 7.38. The lowest BCUT2D eigenvalue weighted by molar-refractivity contribution is -0.129. The lowest BCUT2D eigenvalue weighted by Crippen LogP contribution is -2.35. The maximum absolute atomic E-state index is 12.0. The lowest BCUT2D eigenvalue weighted by Gasteiger charge is -2.22. The molecule has 3 nitrogen and oxygen atoms in total. The van der Waals surface area contributed by atoms with Crippen molar-refractivity contribution in [3.05, 3.63) is 34.4 Å². The van der Waals surface area contributed by atoms with Crippen LogP contribution in [0, 0.1) is 13.8 Å². The first-order chi connectivity index (χ1) is 10.3. The minimum Gasteiger partial charge on any atom is -0.368 e. The van der Waals surface area contributed by atoms with E-state index in [1.807, 2.05) is 0 Å². The van der Waals surface area contributed by atoms with Crippen molar-refractivity contribution in [2.75, 3.05) is 13.2 Å². The fourth-order valence-electron chi connectivity index (χ4n) is 3.03. The number of nitrogens with one attached hydrogen (secondary N) is 1. The zero-order valence-corrected chi connectivity index (χ0v) is 14.6. The number of carbonyl (C=O) groups excluding carboxylic acids is 1. The van der Waals surface area contributed by atoms with Gasteiger partial charge in [0.15, 0.2) is 0 Å². The summed E-state index contributed by atoms with van der Waals surface area (Å²) >= 11 is 0. The van der Waals surface area contributed by atoms with Crippen LogP contribution in [0.15, 0.2) is 12.1 Å². The zero-order chi connectivity index (χ0) is 16.3. The number of ether oxygens (including phenoxy) is 1. The highest BCUT2D eigenvalue weighted by atomic mass is 16.5. The normalized spacial score (nSPS) is 18.5. The van der Waals surface area contributed by atoms with Gasteiger partial charge in [-0.25, -0.2) is 0 Å². The summed E-state index contributed by atoms with van der Waals surface area (Å²) in [5.41, 5.74) is 5.52. The highest BCUT2D eigenvalue weighted by molar-refractivity contribution is 5.80. The molecule has 0 bridgehead atoms. The molecule has 22 heavy (non-hydrogen) atoms. The van der Waals surface area contributed by atoms with Crippen LogP contribution in [0.25, 0.3) is 0 Å². The number of benzene rings is 1. The summed E-state index contributed by atoms with van der Waals surface area (Å²) in [6, 6.07) is 4.56. The molecule has 1 aliphatic rings. The first-order valence-electron chi connectivity index (χ1n) is 8.29. The van der Waals surface area contributed by atoms with Gasteiger partial charge >= 0.3 is 0 Å². The molecule has 0 saturated carbocycles. The number of amides is 1. The van der Waals surface area contributed by atoms with Gasteiger partial charge in [-0.3, -0.25) is 4.79 Å². The van der Waals surface area contributed by atoms with Gasteiger partial charge in [0.2, 0.25) is 5.91 Å². The Morgan fingerprint density at radius 2 is 1.91 bits per heavy atom. The number of carbonyl (C=O) groups is 1. The second kappa shape index (κ2) is 6.82. The highest BCUT2D eigenvalue weighted by Gasteiger charge is 2.23. The molecule has 1 atom stereocenters. The van der Waals surface area contributed by atoms with E-state index in [1.54, 1.807) is 0 Å². The minimum absolute atomic E-state index is 0.0408. The smallest absolute Gasteiger partial charge is 0.249 e. The molecule has 0 spiro atoms. The van der Waals surface area contributed by atoms with Crippen molar-refractivity contribution in [2.45, 2.75) is 65.4 Å². The Kier molecular flexibility index (Phi) is 5.28. The first-order valence-corrected chi connectivity index (χ1v) is 8.29. The molecule has 1 heterocycles. The van der Waals surface area contributed by atoms with Crippen LogP contribution in [-0.2, 0) is 21.4 Å². The molecular formula is C19H29NO2. The van der Waals surface area contributed by atoms with E-state index in [4.69, 9.17) is 4.74 Å². The summed E-state index contributed by atoms with van der Waals surface area (Å²) in [5.74, 6) is 0.0408. The second-order valence-corrected chi connectivity index (χ2v) is 7.38. The first kappa shape index (κ1) is 17.0. The predicted octanol–water partition coefficient (Wildman–Crippen LogP) is 3.44. The monoisotopic (exact) mass is 303 g/mol. The molecule has 0 aliphatic carbocycles. The van der Waals surface area contributed by atoms with Gasteiger partial charge in [-0.05, 0) is 60.8 Å². The van der Waals surface area contributed by atoms with Gasteiger partial charge in [-0.2, -0.15) is 0 Å². The van der Waals surface area contributed by atoms with Gasteiger partial charge in [0.25, 0.3) is 0 Å². The summed E-state index contributed by atoms with van der Waals surface area (Å²) in [6.45, 7) is 12.4. The van der Waals surface area contributed by atoms with E-state index in [0.29, 0.717) is 13.2 Å². The third-order valence-electron chi connectivity index (χ3n) is 4.46. The molecule has 1 amide bonds. The van der Waals surface area contributed by atoms with Crippen LogP contribution >= 0.6 is 0 Å². The molecule has 1 fully saturated rings. The Morgan fingerprint density at radius 1 is 1.27 bits per heavy atom. The van der Waals surface area contributed by atoms with E-state index >= 15 is 0 Å². The van der Waals surface area contributed by atoms with Crippen LogP contribution in [0.3, 0.4) is 0 Å². The maximum atomic E-state index is 12.0. The van der Waals surface area contributed by atoms with Crippen molar-refractivity contribution < 1.29 is 9.53 Å². The Labute approximate surface area is 134 Å². The molecule has 0 unspecified atom stereocenters. The number of rotatable bonds is 4. The Balaban J connectivity index is 1.96. The molecule has 3 heteroatoms. The molecule has 1 aromatic carbocycles. The van der Waals surface area contributed by atoms with E-state index in [2.05, 4.69) is 52.1 Å². The highest BCUT2D eigenvalue weighted by Crippen LogP contribution is 2.27. The van der Waals surface area contributed by atoms with Crippen LogP contribution in [0.4, 0.5) is 0 Å².